The second kappa shape index (κ2) is 3.04. The van der Waals surface area contributed by atoms with Gasteiger partial charge in [0.1, 0.15) is 5.69 Å². The molecule has 2 N–H and O–H groups in total. The van der Waals surface area contributed by atoms with Gasteiger partial charge in [-0.15, -0.1) is 0 Å². The fourth-order valence-corrected chi connectivity index (χ4v) is 2.10. The number of fused-ring (bicyclic) bond motifs is 3. The Hall–Kier alpha value is -2.43. The Morgan fingerprint density at radius 2 is 2.18 bits per heavy atom. The van der Waals surface area contributed by atoms with Crippen molar-refractivity contribution in [2.24, 2.45) is 7.05 Å². The van der Waals surface area contributed by atoms with Gasteiger partial charge in [-0.3, -0.25) is 0 Å². The lowest BCUT2D eigenvalue weighted by molar-refractivity contribution is 0.0687. The summed E-state index contributed by atoms with van der Waals surface area (Å²) < 4.78 is 7.01. The standard InChI is InChI=1S/C12H9NO4/c1-13-7(12(15)16)5-9-10(13)6-3-2-4-8(14)11(6)17-9/h2-5,14H,1H3,(H,15,16). The fourth-order valence-electron chi connectivity index (χ4n) is 2.10. The molecule has 0 amide bonds. The molecule has 86 valence electrons. The summed E-state index contributed by atoms with van der Waals surface area (Å²) in [5, 5.41) is 19.3. The van der Waals surface area contributed by atoms with Gasteiger partial charge in [0.05, 0.1) is 5.52 Å². The zero-order valence-electron chi connectivity index (χ0n) is 8.97. The quantitative estimate of drug-likeness (QED) is 0.673. The number of hydrogen-bond acceptors (Lipinski definition) is 3. The summed E-state index contributed by atoms with van der Waals surface area (Å²) in [5.41, 5.74) is 1.67. The lowest BCUT2D eigenvalue weighted by atomic mass is 10.2. The van der Waals surface area contributed by atoms with Crippen molar-refractivity contribution in [3.8, 4) is 5.75 Å². The molecule has 3 rings (SSSR count). The number of aromatic carboxylic acids is 1. The van der Waals surface area contributed by atoms with Crippen molar-refractivity contribution < 1.29 is 19.4 Å². The Morgan fingerprint density at radius 3 is 2.88 bits per heavy atom. The number of phenols is 1. The molecular weight excluding hydrogens is 222 g/mol. The predicted molar refractivity (Wildman–Crippen MR) is 61.3 cm³/mol. The molecule has 0 fully saturated rings. The van der Waals surface area contributed by atoms with Crippen LogP contribution in [-0.2, 0) is 7.05 Å². The van der Waals surface area contributed by atoms with Crippen molar-refractivity contribution in [3.63, 3.8) is 0 Å². The molecule has 0 saturated heterocycles. The highest BCUT2D eigenvalue weighted by Gasteiger charge is 2.18. The largest absolute Gasteiger partial charge is 0.504 e. The van der Waals surface area contributed by atoms with Crippen molar-refractivity contribution >= 4 is 28.0 Å². The lowest BCUT2D eigenvalue weighted by Gasteiger charge is -1.98. The average Bonchev–Trinajstić information content (AvgIpc) is 2.78. The van der Waals surface area contributed by atoms with Crippen LogP contribution in [0.15, 0.2) is 28.7 Å². The summed E-state index contributed by atoms with van der Waals surface area (Å²) in [6.45, 7) is 0. The van der Waals surface area contributed by atoms with E-state index in [0.717, 1.165) is 0 Å². The highest BCUT2D eigenvalue weighted by atomic mass is 16.4. The van der Waals surface area contributed by atoms with E-state index in [4.69, 9.17) is 9.52 Å². The van der Waals surface area contributed by atoms with Crippen LogP contribution >= 0.6 is 0 Å². The third-order valence-corrected chi connectivity index (χ3v) is 2.88. The average molecular weight is 231 g/mol. The second-order valence-corrected chi connectivity index (χ2v) is 3.86. The van der Waals surface area contributed by atoms with E-state index in [2.05, 4.69) is 0 Å². The Labute approximate surface area is 95.5 Å². The van der Waals surface area contributed by atoms with E-state index in [1.165, 1.54) is 12.1 Å². The predicted octanol–water partition coefficient (Wildman–Crippen LogP) is 2.33. The molecule has 3 aromatic rings. The summed E-state index contributed by atoms with van der Waals surface area (Å²) in [6.07, 6.45) is 0. The van der Waals surface area contributed by atoms with E-state index in [9.17, 15) is 9.90 Å². The van der Waals surface area contributed by atoms with Gasteiger partial charge >= 0.3 is 5.97 Å². The minimum atomic E-state index is -1.01. The van der Waals surface area contributed by atoms with Crippen molar-refractivity contribution in [1.29, 1.82) is 0 Å². The smallest absolute Gasteiger partial charge is 0.352 e. The third kappa shape index (κ3) is 1.16. The number of aromatic nitrogens is 1. The van der Waals surface area contributed by atoms with Crippen molar-refractivity contribution in [1.82, 2.24) is 4.57 Å². The lowest BCUT2D eigenvalue weighted by Crippen LogP contribution is -2.03. The molecule has 0 unspecified atom stereocenters. The van der Waals surface area contributed by atoms with Gasteiger partial charge in [0.2, 0.25) is 0 Å². The van der Waals surface area contributed by atoms with E-state index in [1.807, 2.05) is 0 Å². The van der Waals surface area contributed by atoms with E-state index < -0.39 is 5.97 Å². The summed E-state index contributed by atoms with van der Waals surface area (Å²) in [4.78, 5) is 11.0. The molecule has 0 spiro atoms. The number of nitrogens with zero attached hydrogens (tertiary/aromatic N) is 1. The van der Waals surface area contributed by atoms with Crippen LogP contribution in [-0.4, -0.2) is 20.7 Å². The summed E-state index contributed by atoms with van der Waals surface area (Å²) in [6, 6.07) is 6.46. The molecule has 0 atom stereocenters. The van der Waals surface area contributed by atoms with Gasteiger partial charge in [0, 0.05) is 18.5 Å². The molecule has 5 nitrogen and oxygen atoms in total. The minimum absolute atomic E-state index is 0.0515. The zero-order chi connectivity index (χ0) is 12.2. The number of hydrogen-bond donors (Lipinski definition) is 2. The van der Waals surface area contributed by atoms with Gasteiger partial charge in [-0.1, -0.05) is 6.07 Å². The Balaban J connectivity index is 2.50. The first-order valence-corrected chi connectivity index (χ1v) is 5.03. The first-order chi connectivity index (χ1) is 8.09. The number of phenolic OH excluding ortho intramolecular Hbond substituents is 1. The Kier molecular flexibility index (Phi) is 1.75. The van der Waals surface area contributed by atoms with E-state index in [0.29, 0.717) is 22.1 Å². The fraction of sp³-hybridized carbons (Fsp3) is 0.0833. The van der Waals surface area contributed by atoms with Crippen LogP contribution in [0.1, 0.15) is 10.5 Å². The minimum Gasteiger partial charge on any atom is -0.504 e. The second-order valence-electron chi connectivity index (χ2n) is 3.86. The van der Waals surface area contributed by atoms with Crippen LogP contribution in [0.2, 0.25) is 0 Å². The molecule has 17 heavy (non-hydrogen) atoms. The molecule has 2 aromatic heterocycles. The normalized spacial score (nSPS) is 11.4. The highest BCUT2D eigenvalue weighted by molar-refractivity contribution is 6.07. The molecular formula is C12H9NO4. The van der Waals surface area contributed by atoms with Crippen LogP contribution in [0.5, 0.6) is 5.75 Å². The monoisotopic (exact) mass is 231 g/mol. The van der Waals surface area contributed by atoms with Gasteiger partial charge in [0.15, 0.2) is 16.9 Å². The number of aromatic hydroxyl groups is 1. The number of para-hydroxylation sites is 1. The summed E-state index contributed by atoms with van der Waals surface area (Å²) in [7, 11) is 1.66. The molecule has 0 aliphatic rings. The molecule has 0 bridgehead atoms. The molecule has 5 heteroatoms. The van der Waals surface area contributed by atoms with Gasteiger partial charge in [0.25, 0.3) is 0 Å². The van der Waals surface area contributed by atoms with E-state index in [1.54, 1.807) is 23.7 Å². The topological polar surface area (TPSA) is 75.6 Å². The summed E-state index contributed by atoms with van der Waals surface area (Å²) in [5.74, 6) is -0.956. The Bertz CT molecular complexity index is 751. The van der Waals surface area contributed by atoms with E-state index >= 15 is 0 Å². The van der Waals surface area contributed by atoms with Gasteiger partial charge in [-0.2, -0.15) is 0 Å². The summed E-state index contributed by atoms with van der Waals surface area (Å²) >= 11 is 0. The maximum absolute atomic E-state index is 11.0. The van der Waals surface area contributed by atoms with Crippen LogP contribution < -0.4 is 0 Å². The van der Waals surface area contributed by atoms with E-state index in [-0.39, 0.29) is 11.4 Å². The number of carboxylic acid groups (broad SMARTS) is 1. The SMILES string of the molecule is Cn1c(C(=O)O)cc2oc3c(O)cccc3c21. The molecule has 2 heterocycles. The Morgan fingerprint density at radius 1 is 1.41 bits per heavy atom. The maximum Gasteiger partial charge on any atom is 0.352 e. The molecule has 1 aromatic carbocycles. The number of carbonyl (C=O) groups is 1. The molecule has 0 saturated carbocycles. The highest BCUT2D eigenvalue weighted by Crippen LogP contribution is 2.35. The first kappa shape index (κ1) is 9.77. The van der Waals surface area contributed by atoms with Crippen LogP contribution in [0.4, 0.5) is 0 Å². The van der Waals surface area contributed by atoms with Crippen molar-refractivity contribution in [2.45, 2.75) is 0 Å². The van der Waals surface area contributed by atoms with Crippen LogP contribution in [0.3, 0.4) is 0 Å². The molecule has 0 aliphatic carbocycles. The van der Waals surface area contributed by atoms with Crippen LogP contribution in [0.25, 0.3) is 22.1 Å². The molecule has 0 radical (unpaired) electrons. The third-order valence-electron chi connectivity index (χ3n) is 2.88. The number of carboxylic acids is 1. The number of rotatable bonds is 1. The van der Waals surface area contributed by atoms with Crippen molar-refractivity contribution in [3.05, 3.63) is 30.0 Å². The number of aryl methyl sites for hydroxylation is 1. The first-order valence-electron chi connectivity index (χ1n) is 5.03. The zero-order valence-corrected chi connectivity index (χ0v) is 8.97. The maximum atomic E-state index is 11.0. The van der Waals surface area contributed by atoms with Gasteiger partial charge in [-0.05, 0) is 12.1 Å². The van der Waals surface area contributed by atoms with Crippen molar-refractivity contribution in [2.75, 3.05) is 0 Å². The number of benzene rings is 1. The number of furan rings is 1. The van der Waals surface area contributed by atoms with Gasteiger partial charge < -0.3 is 19.2 Å². The molecule has 0 aliphatic heterocycles. The van der Waals surface area contributed by atoms with Crippen LogP contribution in [0, 0.1) is 0 Å². The van der Waals surface area contributed by atoms with Gasteiger partial charge in [-0.25, -0.2) is 4.79 Å².